The maximum Gasteiger partial charge on any atom is 0.252 e. The van der Waals surface area contributed by atoms with E-state index in [-0.39, 0.29) is 30.7 Å². The second-order valence-electron chi connectivity index (χ2n) is 10.4. The number of likely N-dealkylation sites (N-methyl/N-ethyl adjacent to an activating group) is 1. The average molecular weight is 484 g/mol. The normalized spacial score (nSPS) is 28.7. The van der Waals surface area contributed by atoms with E-state index >= 15 is 0 Å². The topological polar surface area (TPSA) is 108 Å². The molecule has 3 saturated heterocycles. The van der Waals surface area contributed by atoms with Gasteiger partial charge in [-0.3, -0.25) is 14.4 Å². The Hall–Kier alpha value is -2.49. The molecule has 0 spiro atoms. The molecule has 4 fully saturated rings. The number of benzene rings is 1. The van der Waals surface area contributed by atoms with Crippen molar-refractivity contribution in [2.24, 2.45) is 5.73 Å². The zero-order valence-electron chi connectivity index (χ0n) is 20.6. The third-order valence-corrected chi connectivity index (χ3v) is 8.27. The quantitative estimate of drug-likeness (QED) is 0.637. The summed E-state index contributed by atoms with van der Waals surface area (Å²) in [7, 11) is 0. The highest BCUT2D eigenvalue weighted by Crippen LogP contribution is 2.35. The third kappa shape index (κ3) is 4.57. The highest BCUT2D eigenvalue weighted by atomic mass is 16.5. The summed E-state index contributed by atoms with van der Waals surface area (Å²) in [4.78, 5) is 46.0. The van der Waals surface area contributed by atoms with Crippen LogP contribution in [0.5, 0.6) is 0 Å². The van der Waals surface area contributed by atoms with Gasteiger partial charge in [0.2, 0.25) is 5.91 Å². The van der Waals surface area contributed by atoms with Crippen molar-refractivity contribution in [1.29, 1.82) is 0 Å². The molecule has 190 valence electrons. The average Bonchev–Trinajstić information content (AvgIpc) is 3.44. The first-order valence-electron chi connectivity index (χ1n) is 13.0. The molecule has 9 nitrogen and oxygen atoms in total. The molecule has 3 N–H and O–H groups in total. The fourth-order valence-electron chi connectivity index (χ4n) is 6.16. The number of hydrogen-bond donors (Lipinski definition) is 2. The second-order valence-corrected chi connectivity index (χ2v) is 10.4. The number of likely N-dealkylation sites (tertiary alicyclic amines) is 1. The van der Waals surface area contributed by atoms with Crippen molar-refractivity contribution in [3.8, 4) is 0 Å². The number of carbonyl (C=O) groups excluding carboxylic acids is 3. The summed E-state index contributed by atoms with van der Waals surface area (Å²) in [5.74, 6) is -0.557. The van der Waals surface area contributed by atoms with Crippen LogP contribution in [-0.2, 0) is 14.3 Å². The van der Waals surface area contributed by atoms with Gasteiger partial charge in [-0.25, -0.2) is 0 Å². The molecule has 5 rings (SSSR count). The minimum Gasteiger partial charge on any atom is -0.369 e. The zero-order chi connectivity index (χ0) is 24.6. The van der Waals surface area contributed by atoms with Crippen LogP contribution in [0.2, 0.25) is 0 Å². The molecule has 0 radical (unpaired) electrons. The molecule has 1 aromatic rings. The van der Waals surface area contributed by atoms with Gasteiger partial charge in [-0.1, -0.05) is 26.2 Å². The molecule has 9 heteroatoms. The van der Waals surface area contributed by atoms with Crippen LogP contribution in [0.3, 0.4) is 0 Å². The molecular formula is C26H37N5O4. The monoisotopic (exact) mass is 483 g/mol. The number of ether oxygens (including phenoxy) is 1. The van der Waals surface area contributed by atoms with Crippen LogP contribution in [-0.4, -0.2) is 97.0 Å². The van der Waals surface area contributed by atoms with Crippen molar-refractivity contribution >= 4 is 23.3 Å². The van der Waals surface area contributed by atoms with Crippen LogP contribution in [0, 0.1) is 0 Å². The van der Waals surface area contributed by atoms with Gasteiger partial charge in [0, 0.05) is 44.0 Å². The van der Waals surface area contributed by atoms with Crippen molar-refractivity contribution in [2.45, 2.75) is 62.8 Å². The number of nitrogens with two attached hydrogens (primary N) is 1. The van der Waals surface area contributed by atoms with Gasteiger partial charge in [0.25, 0.3) is 5.91 Å². The number of ketones is 1. The van der Waals surface area contributed by atoms with Crippen LogP contribution in [0.25, 0.3) is 0 Å². The van der Waals surface area contributed by atoms with Crippen molar-refractivity contribution in [2.75, 3.05) is 50.8 Å². The number of carbonyl (C=O) groups is 3. The molecular weight excluding hydrogens is 446 g/mol. The summed E-state index contributed by atoms with van der Waals surface area (Å²) in [5, 5.41) is 3.10. The van der Waals surface area contributed by atoms with Gasteiger partial charge >= 0.3 is 0 Å². The highest BCUT2D eigenvalue weighted by Gasteiger charge is 2.55. The Balaban J connectivity index is 1.30. The summed E-state index contributed by atoms with van der Waals surface area (Å²) in [6, 6.07) is 6.64. The Bertz CT molecular complexity index is 953. The predicted octanol–water partition coefficient (Wildman–Crippen LogP) is 0.767. The van der Waals surface area contributed by atoms with E-state index in [1.54, 1.807) is 4.90 Å². The zero-order valence-corrected chi connectivity index (χ0v) is 20.6. The van der Waals surface area contributed by atoms with E-state index in [1.165, 1.54) is 0 Å². The molecule has 1 saturated carbocycles. The lowest BCUT2D eigenvalue weighted by Gasteiger charge is -2.40. The van der Waals surface area contributed by atoms with Crippen molar-refractivity contribution in [1.82, 2.24) is 15.1 Å². The molecule has 0 bridgehead atoms. The number of hydrogen-bond acceptors (Lipinski definition) is 7. The lowest BCUT2D eigenvalue weighted by molar-refractivity contribution is -0.143. The first kappa shape index (κ1) is 24.2. The minimum absolute atomic E-state index is 0.00792. The fraction of sp³-hybridized carbons (Fsp3) is 0.654. The first-order chi connectivity index (χ1) is 16.9. The molecule has 2 amide bonds. The Morgan fingerprint density at radius 1 is 1.09 bits per heavy atom. The maximum atomic E-state index is 13.9. The van der Waals surface area contributed by atoms with Gasteiger partial charge < -0.3 is 30.5 Å². The molecule has 4 aliphatic rings. The highest BCUT2D eigenvalue weighted by molar-refractivity contribution is 6.01. The second kappa shape index (κ2) is 9.87. The molecule has 35 heavy (non-hydrogen) atoms. The van der Waals surface area contributed by atoms with E-state index in [1.807, 2.05) is 24.3 Å². The lowest BCUT2D eigenvalue weighted by atomic mass is 9.80. The molecule has 1 aromatic carbocycles. The number of fused-ring (bicyclic) bond motifs is 1. The number of Topliss-reactive ketones (excluding diaryl/α,β-unsaturated/α-hetero) is 1. The van der Waals surface area contributed by atoms with E-state index in [9.17, 15) is 14.4 Å². The maximum absolute atomic E-state index is 13.9. The summed E-state index contributed by atoms with van der Waals surface area (Å²) in [6.45, 7) is 7.54. The Morgan fingerprint density at radius 2 is 1.77 bits per heavy atom. The number of amides is 2. The van der Waals surface area contributed by atoms with Gasteiger partial charge in [0.15, 0.2) is 5.78 Å². The molecule has 3 atom stereocenters. The van der Waals surface area contributed by atoms with Crippen molar-refractivity contribution in [3.63, 3.8) is 0 Å². The summed E-state index contributed by atoms with van der Waals surface area (Å²) in [6.07, 6.45) is 3.42. The molecule has 3 aliphatic heterocycles. The van der Waals surface area contributed by atoms with E-state index in [0.717, 1.165) is 57.7 Å². The van der Waals surface area contributed by atoms with Crippen molar-refractivity contribution < 1.29 is 19.1 Å². The summed E-state index contributed by atoms with van der Waals surface area (Å²) >= 11 is 0. The van der Waals surface area contributed by atoms with Gasteiger partial charge in [-0.15, -0.1) is 0 Å². The van der Waals surface area contributed by atoms with Gasteiger partial charge in [0.05, 0.1) is 6.04 Å². The largest absolute Gasteiger partial charge is 0.369 e. The molecule has 0 aromatic heterocycles. The fourth-order valence-corrected chi connectivity index (χ4v) is 6.16. The Kier molecular flexibility index (Phi) is 6.83. The van der Waals surface area contributed by atoms with E-state index in [4.69, 9.17) is 10.5 Å². The summed E-state index contributed by atoms with van der Waals surface area (Å²) < 4.78 is 5.56. The van der Waals surface area contributed by atoms with Crippen LogP contribution >= 0.6 is 0 Å². The van der Waals surface area contributed by atoms with Crippen LogP contribution in [0.1, 0.15) is 49.4 Å². The van der Waals surface area contributed by atoms with Crippen LogP contribution in [0.4, 0.5) is 5.69 Å². The van der Waals surface area contributed by atoms with E-state index in [0.29, 0.717) is 18.4 Å². The number of nitrogens with zero attached hydrogens (tertiary/aromatic N) is 3. The summed E-state index contributed by atoms with van der Waals surface area (Å²) in [5.41, 5.74) is 6.84. The Labute approximate surface area is 206 Å². The molecule has 0 unspecified atom stereocenters. The van der Waals surface area contributed by atoms with E-state index < -0.39 is 23.7 Å². The van der Waals surface area contributed by atoms with Crippen LogP contribution in [0.15, 0.2) is 24.3 Å². The SMILES string of the molecule is CCN1CCN(c2ccc(C(=O)NC3(C(=O)N4C[C@@H](N)[C@H]5OCC(=O)[C@H]54)CCCCC3)cc2)CC1. The van der Waals surface area contributed by atoms with Crippen molar-refractivity contribution in [3.05, 3.63) is 29.8 Å². The van der Waals surface area contributed by atoms with Gasteiger partial charge in [0.1, 0.15) is 24.3 Å². The first-order valence-corrected chi connectivity index (χ1v) is 13.0. The number of anilines is 1. The lowest BCUT2D eigenvalue weighted by Crippen LogP contribution is -2.62. The third-order valence-electron chi connectivity index (χ3n) is 8.27. The smallest absolute Gasteiger partial charge is 0.252 e. The van der Waals surface area contributed by atoms with Gasteiger partial charge in [-0.2, -0.15) is 0 Å². The predicted molar refractivity (Wildman–Crippen MR) is 132 cm³/mol. The minimum atomic E-state index is -1.01. The number of piperazine rings is 1. The van der Waals surface area contributed by atoms with Crippen LogP contribution < -0.4 is 16.0 Å². The van der Waals surface area contributed by atoms with E-state index in [2.05, 4.69) is 22.0 Å². The standard InChI is InChI=1S/C26H37N5O4/c1-2-29-12-14-30(15-13-29)19-8-6-18(7-9-19)24(33)28-26(10-4-3-5-11-26)25(34)31-16-20(27)23-22(31)21(32)17-35-23/h6-9,20,22-23H,2-5,10-17,27H2,1H3,(H,28,33)/t20-,22-,23-/m1/s1. The Morgan fingerprint density at radius 3 is 2.43 bits per heavy atom. The molecule has 3 heterocycles. The van der Waals surface area contributed by atoms with Gasteiger partial charge in [-0.05, 0) is 43.7 Å². The molecule has 1 aliphatic carbocycles. The number of rotatable bonds is 5. The number of nitrogens with one attached hydrogen (secondary N) is 1.